The number of anilines is 1. The smallest absolute Gasteiger partial charge is 0.260 e. The molecule has 3 aromatic carbocycles. The SMILES string of the molecule is Cc1cccc(C)c1N(CC(=O)N/N=C\c1ccc(OCC(=O)NCCc2ccccc2)cc1)S(C)(=O)=O. The summed E-state index contributed by atoms with van der Waals surface area (Å²) in [5.41, 5.74) is 6.18. The summed E-state index contributed by atoms with van der Waals surface area (Å²) in [6, 6.07) is 22.1. The quantitative estimate of drug-likeness (QED) is 0.273. The van der Waals surface area contributed by atoms with Crippen LogP contribution in [0.1, 0.15) is 22.3 Å². The number of benzene rings is 3. The number of para-hydroxylation sites is 1. The van der Waals surface area contributed by atoms with Gasteiger partial charge in [-0.15, -0.1) is 0 Å². The molecule has 38 heavy (non-hydrogen) atoms. The predicted molar refractivity (Wildman–Crippen MR) is 149 cm³/mol. The van der Waals surface area contributed by atoms with Gasteiger partial charge >= 0.3 is 0 Å². The van der Waals surface area contributed by atoms with E-state index in [2.05, 4.69) is 15.8 Å². The van der Waals surface area contributed by atoms with Crippen LogP contribution in [0.25, 0.3) is 0 Å². The van der Waals surface area contributed by atoms with Crippen LogP contribution in [0.3, 0.4) is 0 Å². The van der Waals surface area contributed by atoms with E-state index < -0.39 is 22.5 Å². The predicted octanol–water partition coefficient (Wildman–Crippen LogP) is 2.96. The Hall–Kier alpha value is -4.18. The van der Waals surface area contributed by atoms with Crippen molar-refractivity contribution in [3.63, 3.8) is 0 Å². The first kappa shape index (κ1) is 28.4. The zero-order valence-corrected chi connectivity index (χ0v) is 22.5. The second-order valence-electron chi connectivity index (χ2n) is 8.75. The van der Waals surface area contributed by atoms with Gasteiger partial charge in [0.25, 0.3) is 11.8 Å². The minimum absolute atomic E-state index is 0.102. The van der Waals surface area contributed by atoms with Gasteiger partial charge in [-0.1, -0.05) is 48.5 Å². The minimum Gasteiger partial charge on any atom is -0.484 e. The molecule has 0 bridgehead atoms. The zero-order chi connectivity index (χ0) is 27.5. The fourth-order valence-corrected chi connectivity index (χ4v) is 4.72. The van der Waals surface area contributed by atoms with Gasteiger partial charge in [0.05, 0.1) is 18.2 Å². The summed E-state index contributed by atoms with van der Waals surface area (Å²) < 4.78 is 31.3. The molecule has 3 rings (SSSR count). The molecular weight excluding hydrogens is 504 g/mol. The number of rotatable bonds is 12. The van der Waals surface area contributed by atoms with Crippen molar-refractivity contribution in [2.24, 2.45) is 5.10 Å². The van der Waals surface area contributed by atoms with Crippen molar-refractivity contribution in [3.05, 3.63) is 95.1 Å². The third-order valence-electron chi connectivity index (χ3n) is 5.61. The van der Waals surface area contributed by atoms with Crippen LogP contribution in [0.15, 0.2) is 77.9 Å². The lowest BCUT2D eigenvalue weighted by atomic mass is 10.1. The highest BCUT2D eigenvalue weighted by molar-refractivity contribution is 7.92. The Morgan fingerprint density at radius 1 is 0.921 bits per heavy atom. The van der Waals surface area contributed by atoms with Gasteiger partial charge in [-0.05, 0) is 66.8 Å². The number of hydrogen-bond acceptors (Lipinski definition) is 6. The molecule has 0 radical (unpaired) electrons. The highest BCUT2D eigenvalue weighted by atomic mass is 32.2. The van der Waals surface area contributed by atoms with E-state index in [1.165, 1.54) is 6.21 Å². The van der Waals surface area contributed by atoms with Crippen LogP contribution in [0.2, 0.25) is 0 Å². The summed E-state index contributed by atoms with van der Waals surface area (Å²) in [4.78, 5) is 24.5. The number of ether oxygens (including phenoxy) is 1. The minimum atomic E-state index is -3.69. The van der Waals surface area contributed by atoms with Gasteiger partial charge in [-0.25, -0.2) is 13.8 Å². The van der Waals surface area contributed by atoms with Crippen LogP contribution in [0.5, 0.6) is 5.75 Å². The Morgan fingerprint density at radius 3 is 2.21 bits per heavy atom. The fraction of sp³-hybridized carbons (Fsp3) is 0.250. The maximum Gasteiger partial charge on any atom is 0.260 e. The van der Waals surface area contributed by atoms with Gasteiger partial charge < -0.3 is 10.1 Å². The van der Waals surface area contributed by atoms with E-state index in [-0.39, 0.29) is 12.5 Å². The molecule has 3 aromatic rings. The summed E-state index contributed by atoms with van der Waals surface area (Å²) in [7, 11) is -3.69. The normalized spacial score (nSPS) is 11.2. The van der Waals surface area contributed by atoms with Crippen LogP contribution in [0, 0.1) is 13.8 Å². The molecule has 9 nitrogen and oxygen atoms in total. The van der Waals surface area contributed by atoms with Gasteiger partial charge in [-0.3, -0.25) is 13.9 Å². The summed E-state index contributed by atoms with van der Waals surface area (Å²) in [6.07, 6.45) is 3.24. The molecule has 0 aliphatic rings. The Bertz CT molecular complexity index is 1350. The fourth-order valence-electron chi connectivity index (χ4n) is 3.75. The zero-order valence-electron chi connectivity index (χ0n) is 21.7. The van der Waals surface area contributed by atoms with Gasteiger partial charge in [0.2, 0.25) is 10.0 Å². The molecule has 0 fully saturated rings. The van der Waals surface area contributed by atoms with E-state index in [9.17, 15) is 18.0 Å². The highest BCUT2D eigenvalue weighted by Crippen LogP contribution is 2.26. The van der Waals surface area contributed by atoms with Crippen LogP contribution in [0.4, 0.5) is 5.69 Å². The molecule has 0 aromatic heterocycles. The summed E-state index contributed by atoms with van der Waals surface area (Å²) >= 11 is 0. The third kappa shape index (κ3) is 8.74. The van der Waals surface area contributed by atoms with Crippen LogP contribution in [-0.4, -0.2) is 52.4 Å². The molecule has 200 valence electrons. The van der Waals surface area contributed by atoms with Gasteiger partial charge in [0, 0.05) is 6.54 Å². The summed E-state index contributed by atoms with van der Waals surface area (Å²) in [5, 5.41) is 6.75. The second-order valence-corrected chi connectivity index (χ2v) is 10.7. The Labute approximate surface area is 223 Å². The maximum atomic E-state index is 12.5. The largest absolute Gasteiger partial charge is 0.484 e. The lowest BCUT2D eigenvalue weighted by Crippen LogP contribution is -2.39. The number of nitrogens with one attached hydrogen (secondary N) is 2. The van der Waals surface area contributed by atoms with Crippen molar-refractivity contribution >= 4 is 33.7 Å². The molecule has 2 N–H and O–H groups in total. The van der Waals surface area contributed by atoms with Crippen LogP contribution in [-0.2, 0) is 26.0 Å². The molecule has 2 amide bonds. The number of hydrogen-bond donors (Lipinski definition) is 2. The molecule has 0 heterocycles. The van der Waals surface area contributed by atoms with Crippen LogP contribution >= 0.6 is 0 Å². The average Bonchev–Trinajstić information content (AvgIpc) is 2.87. The Kier molecular flexibility index (Phi) is 10.0. The van der Waals surface area contributed by atoms with Crippen molar-refractivity contribution in [1.82, 2.24) is 10.7 Å². The molecule has 0 spiro atoms. The van der Waals surface area contributed by atoms with Crippen molar-refractivity contribution < 1.29 is 22.7 Å². The molecular formula is C28H32N4O5S. The van der Waals surface area contributed by atoms with E-state index in [0.717, 1.165) is 33.7 Å². The number of carbonyl (C=O) groups is 2. The van der Waals surface area contributed by atoms with E-state index in [4.69, 9.17) is 4.74 Å². The molecule has 0 atom stereocenters. The average molecular weight is 537 g/mol. The standard InChI is InChI=1S/C28H32N4O5S/c1-21-8-7-9-22(2)28(21)32(38(3,35)36)19-26(33)31-30-18-24-12-14-25(15-13-24)37-20-27(34)29-17-16-23-10-5-4-6-11-23/h4-15,18H,16-17,19-20H2,1-3H3,(H,29,34)(H,31,33)/b30-18-. The first-order chi connectivity index (χ1) is 18.1. The molecule has 10 heteroatoms. The molecule has 0 aliphatic heterocycles. The van der Waals surface area contributed by atoms with Gasteiger partial charge in [0.15, 0.2) is 6.61 Å². The van der Waals surface area contributed by atoms with Gasteiger partial charge in [-0.2, -0.15) is 5.10 Å². The third-order valence-corrected chi connectivity index (χ3v) is 6.72. The van der Waals surface area contributed by atoms with Gasteiger partial charge in [0.1, 0.15) is 12.3 Å². The van der Waals surface area contributed by atoms with E-state index >= 15 is 0 Å². The molecule has 0 unspecified atom stereocenters. The lowest BCUT2D eigenvalue weighted by Gasteiger charge is -2.25. The van der Waals surface area contributed by atoms with Crippen molar-refractivity contribution in [1.29, 1.82) is 0 Å². The lowest BCUT2D eigenvalue weighted by molar-refractivity contribution is -0.123. The monoisotopic (exact) mass is 536 g/mol. The first-order valence-corrected chi connectivity index (χ1v) is 13.9. The summed E-state index contributed by atoms with van der Waals surface area (Å²) in [5.74, 6) is -0.271. The molecule has 0 aliphatic carbocycles. The van der Waals surface area contributed by atoms with Crippen LogP contribution < -0.4 is 19.8 Å². The number of aryl methyl sites for hydroxylation is 2. The summed E-state index contributed by atoms with van der Waals surface area (Å²) in [6.45, 7) is 3.61. The Balaban J connectivity index is 1.46. The maximum absolute atomic E-state index is 12.5. The number of hydrazone groups is 1. The number of sulfonamides is 1. The second kappa shape index (κ2) is 13.4. The van der Waals surface area contributed by atoms with E-state index in [1.807, 2.05) is 36.4 Å². The number of carbonyl (C=O) groups excluding carboxylic acids is 2. The molecule has 0 saturated heterocycles. The van der Waals surface area contributed by atoms with Crippen molar-refractivity contribution in [2.45, 2.75) is 20.3 Å². The molecule has 0 saturated carbocycles. The Morgan fingerprint density at radius 2 is 1.58 bits per heavy atom. The van der Waals surface area contributed by atoms with E-state index in [1.54, 1.807) is 50.2 Å². The first-order valence-electron chi connectivity index (χ1n) is 12.0. The number of amides is 2. The topological polar surface area (TPSA) is 117 Å². The number of nitrogens with zero attached hydrogens (tertiary/aromatic N) is 2. The van der Waals surface area contributed by atoms with Crippen molar-refractivity contribution in [2.75, 3.05) is 30.3 Å². The van der Waals surface area contributed by atoms with Crippen molar-refractivity contribution in [3.8, 4) is 5.75 Å². The van der Waals surface area contributed by atoms with E-state index in [0.29, 0.717) is 23.5 Å². The highest BCUT2D eigenvalue weighted by Gasteiger charge is 2.23.